The van der Waals surface area contributed by atoms with Gasteiger partial charge in [0.1, 0.15) is 5.75 Å². The van der Waals surface area contributed by atoms with E-state index in [1.54, 1.807) is 6.07 Å². The molecule has 1 aromatic heterocycles. The molecule has 1 aliphatic heterocycles. The summed E-state index contributed by atoms with van der Waals surface area (Å²) in [6.45, 7) is 1.56. The number of aromatic hydroxyl groups is 1. The first-order chi connectivity index (χ1) is 12.9. The maximum Gasteiger partial charge on any atom is 0.115 e. The lowest BCUT2D eigenvalue weighted by Gasteiger charge is -2.55. The number of hydrogen-bond acceptors (Lipinski definition) is 3. The van der Waals surface area contributed by atoms with Crippen LogP contribution in [0.3, 0.4) is 0 Å². The van der Waals surface area contributed by atoms with Crippen molar-refractivity contribution in [2.24, 2.45) is 0 Å². The van der Waals surface area contributed by atoms with E-state index >= 15 is 0 Å². The summed E-state index contributed by atoms with van der Waals surface area (Å²) in [4.78, 5) is 5.83. The summed E-state index contributed by atoms with van der Waals surface area (Å²) in [5.41, 5.74) is 3.30. The second-order valence-electron chi connectivity index (χ2n) is 8.28. The molecule has 3 aromatic rings. The van der Waals surface area contributed by atoms with Crippen molar-refractivity contribution in [2.45, 2.75) is 30.3 Å². The van der Waals surface area contributed by atoms with Gasteiger partial charge in [-0.05, 0) is 55.4 Å². The van der Waals surface area contributed by atoms with Gasteiger partial charge in [0.05, 0.1) is 5.60 Å². The van der Waals surface area contributed by atoms with Gasteiger partial charge in [0.15, 0.2) is 0 Å². The normalized spacial score (nSPS) is 28.1. The second kappa shape index (κ2) is 5.84. The maximum atomic E-state index is 12.0. The molecular formula is C22H23BrN2O2. The van der Waals surface area contributed by atoms with Crippen LogP contribution in [0.15, 0.2) is 46.9 Å². The lowest BCUT2D eigenvalue weighted by atomic mass is 9.56. The Labute approximate surface area is 167 Å². The van der Waals surface area contributed by atoms with E-state index in [0.29, 0.717) is 13.0 Å². The first-order valence-corrected chi connectivity index (χ1v) is 10.2. The molecule has 0 saturated carbocycles. The Morgan fingerprint density at radius 1 is 1.15 bits per heavy atom. The zero-order chi connectivity index (χ0) is 18.8. The quantitative estimate of drug-likeness (QED) is 0.555. The van der Waals surface area contributed by atoms with Crippen molar-refractivity contribution in [3.8, 4) is 5.75 Å². The van der Waals surface area contributed by atoms with Gasteiger partial charge in [0.2, 0.25) is 0 Å². The number of fused-ring (bicyclic) bond motifs is 4. The fourth-order valence-corrected chi connectivity index (χ4v) is 5.68. The molecule has 0 amide bonds. The van der Waals surface area contributed by atoms with Gasteiger partial charge in [-0.2, -0.15) is 0 Å². The van der Waals surface area contributed by atoms with Crippen LogP contribution in [0.4, 0.5) is 0 Å². The highest BCUT2D eigenvalue weighted by Gasteiger charge is 2.57. The largest absolute Gasteiger partial charge is 0.508 e. The number of phenolic OH excluding ortho intramolecular Hbond substituents is 1. The van der Waals surface area contributed by atoms with Crippen LogP contribution in [0.1, 0.15) is 23.2 Å². The minimum Gasteiger partial charge on any atom is -0.508 e. The highest BCUT2D eigenvalue weighted by atomic mass is 79.9. The molecule has 2 aliphatic rings. The van der Waals surface area contributed by atoms with Crippen LogP contribution in [0.25, 0.3) is 10.9 Å². The third-order valence-corrected chi connectivity index (χ3v) is 7.14. The number of aromatic amines is 1. The van der Waals surface area contributed by atoms with Crippen LogP contribution in [-0.4, -0.2) is 45.8 Å². The van der Waals surface area contributed by atoms with Crippen LogP contribution in [0.5, 0.6) is 5.75 Å². The number of β-amino-alcohol motifs (C(OH)–C–C–N with tert-alkyl or cyclic N) is 1. The molecule has 2 atom stereocenters. The van der Waals surface area contributed by atoms with E-state index in [4.69, 9.17) is 0 Å². The number of nitrogens with zero attached hydrogens (tertiary/aromatic N) is 1. The standard InChI is InChI=1S/C22H23BrN2O2/c1-25-8-7-21(14-3-2-4-16(26)9-14)12-20-18(11-22(21,27)13-25)17-6-5-15(23)10-19(17)24-20/h2-6,9-10,24,26-27H,7-8,11-13H2,1H3. The second-order valence-corrected chi connectivity index (χ2v) is 9.19. The van der Waals surface area contributed by atoms with Gasteiger partial charge in [-0.1, -0.05) is 34.1 Å². The topological polar surface area (TPSA) is 59.5 Å². The van der Waals surface area contributed by atoms with E-state index in [-0.39, 0.29) is 5.75 Å². The average Bonchev–Trinajstić information content (AvgIpc) is 2.94. The molecule has 1 aliphatic carbocycles. The van der Waals surface area contributed by atoms with Crippen molar-refractivity contribution in [3.05, 3.63) is 63.8 Å². The Morgan fingerprint density at radius 2 is 2.00 bits per heavy atom. The molecule has 5 heteroatoms. The van der Waals surface area contributed by atoms with Crippen LogP contribution in [-0.2, 0) is 18.3 Å². The van der Waals surface area contributed by atoms with Crippen molar-refractivity contribution in [1.82, 2.24) is 9.88 Å². The highest BCUT2D eigenvalue weighted by Crippen LogP contribution is 2.51. The molecule has 2 unspecified atom stereocenters. The number of phenols is 1. The van der Waals surface area contributed by atoms with Crippen molar-refractivity contribution in [3.63, 3.8) is 0 Å². The predicted octanol–water partition coefficient (Wildman–Crippen LogP) is 3.74. The molecule has 5 rings (SSSR count). The fraction of sp³-hybridized carbons (Fsp3) is 0.364. The molecule has 2 aromatic carbocycles. The minimum atomic E-state index is -0.872. The van der Waals surface area contributed by atoms with Crippen molar-refractivity contribution >= 4 is 26.8 Å². The number of likely N-dealkylation sites (N-methyl/N-ethyl adjacent to an activating group) is 1. The van der Waals surface area contributed by atoms with Gasteiger partial charge in [-0.3, -0.25) is 0 Å². The molecule has 27 heavy (non-hydrogen) atoms. The summed E-state index contributed by atoms with van der Waals surface area (Å²) in [6.07, 6.45) is 2.23. The number of hydrogen-bond donors (Lipinski definition) is 3. The zero-order valence-corrected chi connectivity index (χ0v) is 16.9. The number of benzene rings is 2. The molecule has 4 nitrogen and oxygen atoms in total. The van der Waals surface area contributed by atoms with E-state index in [9.17, 15) is 10.2 Å². The number of aliphatic hydroxyl groups is 1. The number of likely N-dealkylation sites (tertiary alicyclic amines) is 1. The van der Waals surface area contributed by atoms with Crippen LogP contribution in [0, 0.1) is 0 Å². The third-order valence-electron chi connectivity index (χ3n) is 6.65. The van der Waals surface area contributed by atoms with Crippen molar-refractivity contribution in [1.29, 1.82) is 0 Å². The molecule has 0 radical (unpaired) electrons. The molecule has 0 spiro atoms. The molecule has 3 N–H and O–H groups in total. The van der Waals surface area contributed by atoms with E-state index in [2.05, 4.69) is 57.1 Å². The zero-order valence-electron chi connectivity index (χ0n) is 15.3. The van der Waals surface area contributed by atoms with Gasteiger partial charge in [-0.25, -0.2) is 0 Å². The first-order valence-electron chi connectivity index (χ1n) is 9.40. The molecule has 0 bridgehead atoms. The van der Waals surface area contributed by atoms with Gasteiger partial charge in [0.25, 0.3) is 0 Å². The lowest BCUT2D eigenvalue weighted by Crippen LogP contribution is -2.65. The smallest absolute Gasteiger partial charge is 0.115 e. The predicted molar refractivity (Wildman–Crippen MR) is 110 cm³/mol. The Bertz CT molecular complexity index is 1050. The van der Waals surface area contributed by atoms with Gasteiger partial charge in [0, 0.05) is 45.9 Å². The van der Waals surface area contributed by atoms with Crippen LogP contribution < -0.4 is 0 Å². The monoisotopic (exact) mass is 426 g/mol. The van der Waals surface area contributed by atoms with E-state index in [1.165, 1.54) is 16.6 Å². The summed E-state index contributed by atoms with van der Waals surface area (Å²) in [7, 11) is 2.08. The molecule has 140 valence electrons. The van der Waals surface area contributed by atoms with Crippen LogP contribution >= 0.6 is 15.9 Å². The number of aromatic nitrogens is 1. The summed E-state index contributed by atoms with van der Waals surface area (Å²) in [5, 5.41) is 23.3. The van der Waals surface area contributed by atoms with E-state index in [0.717, 1.165) is 34.9 Å². The van der Waals surface area contributed by atoms with Crippen molar-refractivity contribution < 1.29 is 10.2 Å². The number of piperidine rings is 1. The fourth-order valence-electron chi connectivity index (χ4n) is 5.32. The Hall–Kier alpha value is -1.82. The SMILES string of the molecule is CN1CCC2(c3cccc(O)c3)Cc3[nH]c4cc(Br)ccc4c3CC2(O)C1. The first kappa shape index (κ1) is 17.3. The number of rotatable bonds is 1. The van der Waals surface area contributed by atoms with Crippen molar-refractivity contribution in [2.75, 3.05) is 20.1 Å². The number of halogens is 1. The molecule has 1 fully saturated rings. The lowest BCUT2D eigenvalue weighted by molar-refractivity contribution is -0.0972. The Morgan fingerprint density at radius 3 is 2.81 bits per heavy atom. The Balaban J connectivity index is 1.73. The molecule has 2 heterocycles. The number of nitrogens with one attached hydrogen (secondary N) is 1. The minimum absolute atomic E-state index is 0.259. The average molecular weight is 427 g/mol. The summed E-state index contributed by atoms with van der Waals surface area (Å²) in [6, 6.07) is 13.8. The van der Waals surface area contributed by atoms with Gasteiger partial charge >= 0.3 is 0 Å². The van der Waals surface area contributed by atoms with E-state index in [1.807, 2.05) is 12.1 Å². The number of H-pyrrole nitrogens is 1. The Kier molecular flexibility index (Phi) is 3.74. The summed E-state index contributed by atoms with van der Waals surface area (Å²) in [5.74, 6) is 0.259. The van der Waals surface area contributed by atoms with Gasteiger partial charge in [-0.15, -0.1) is 0 Å². The molecule has 1 saturated heterocycles. The third kappa shape index (κ3) is 2.49. The summed E-state index contributed by atoms with van der Waals surface area (Å²) >= 11 is 3.56. The van der Waals surface area contributed by atoms with Gasteiger partial charge < -0.3 is 20.1 Å². The van der Waals surface area contributed by atoms with Crippen LogP contribution in [0.2, 0.25) is 0 Å². The summed E-state index contributed by atoms with van der Waals surface area (Å²) < 4.78 is 1.05. The highest BCUT2D eigenvalue weighted by molar-refractivity contribution is 9.10. The molecular weight excluding hydrogens is 404 g/mol. The van der Waals surface area contributed by atoms with E-state index < -0.39 is 11.0 Å². The maximum absolute atomic E-state index is 12.0.